The Morgan fingerprint density at radius 3 is 2.83 bits per heavy atom. The Kier molecular flexibility index (Phi) is 0.963. The summed E-state index contributed by atoms with van der Waals surface area (Å²) in [7, 11) is 3.30. The Morgan fingerprint density at radius 1 is 1.83 bits per heavy atom. The molecule has 1 rings (SSSR count). The normalized spacial score (nSPS) is 30.5. The molecule has 0 bridgehead atoms. The Bertz CT molecular complexity index is 61.9. The van der Waals surface area contributed by atoms with Crippen LogP contribution in [0, 0.1) is 0 Å². The minimum absolute atomic E-state index is 0.241. The highest BCUT2D eigenvalue weighted by molar-refractivity contribution is 6.11. The first-order valence-corrected chi connectivity index (χ1v) is 2.49. The maximum atomic E-state index is 4.89. The van der Waals surface area contributed by atoms with Crippen molar-refractivity contribution >= 4 is 10.2 Å². The second kappa shape index (κ2) is 1.47. The van der Waals surface area contributed by atoms with Crippen molar-refractivity contribution in [3.63, 3.8) is 0 Å². The van der Waals surface area contributed by atoms with Crippen LogP contribution in [0.5, 0.6) is 0 Å². The molecular weight excluding hydrogens is 92.1 g/mol. The van der Waals surface area contributed by atoms with Gasteiger partial charge in [-0.25, -0.2) is 0 Å². The summed E-state index contributed by atoms with van der Waals surface area (Å²) in [5, 5.41) is 0. The standard InChI is InChI=1S/C4H5OSi/c6-4-2-1-3-5-4/h1,3-4H,2H2. The monoisotopic (exact) mass is 97.0 g/mol. The van der Waals surface area contributed by atoms with Gasteiger partial charge in [-0.3, -0.25) is 0 Å². The van der Waals surface area contributed by atoms with Gasteiger partial charge in [0.1, 0.15) is 0 Å². The number of ether oxygens (including phenoxy) is 1. The molecule has 1 heterocycles. The topological polar surface area (TPSA) is 9.23 Å². The number of hydrogen-bond donors (Lipinski definition) is 0. The van der Waals surface area contributed by atoms with Crippen molar-refractivity contribution in [3.05, 3.63) is 12.3 Å². The fourth-order valence-electron chi connectivity index (χ4n) is 0.385. The summed E-state index contributed by atoms with van der Waals surface area (Å²) >= 11 is 0. The molecule has 0 aromatic heterocycles. The smallest absolute Gasteiger partial charge is 0.0842 e. The van der Waals surface area contributed by atoms with E-state index < -0.39 is 0 Å². The SMILES string of the molecule is [Si]C1CC=CO1. The third-order valence-electron chi connectivity index (χ3n) is 0.689. The molecule has 6 heavy (non-hydrogen) atoms. The Morgan fingerprint density at radius 2 is 2.67 bits per heavy atom. The third-order valence-corrected chi connectivity index (χ3v) is 1.06. The van der Waals surface area contributed by atoms with Crippen LogP contribution in [0.3, 0.4) is 0 Å². The zero-order valence-corrected chi connectivity index (χ0v) is 4.35. The summed E-state index contributed by atoms with van der Waals surface area (Å²) in [5.74, 6) is 0. The summed E-state index contributed by atoms with van der Waals surface area (Å²) in [6.07, 6.45) is 4.69. The average molecular weight is 97.2 g/mol. The third kappa shape index (κ3) is 0.625. The van der Waals surface area contributed by atoms with Crippen LogP contribution in [0.2, 0.25) is 0 Å². The van der Waals surface area contributed by atoms with E-state index in [1.165, 1.54) is 0 Å². The van der Waals surface area contributed by atoms with E-state index >= 15 is 0 Å². The molecule has 0 aromatic rings. The quantitative estimate of drug-likeness (QED) is 0.398. The van der Waals surface area contributed by atoms with Crippen molar-refractivity contribution in [1.82, 2.24) is 0 Å². The molecule has 1 atom stereocenters. The van der Waals surface area contributed by atoms with Gasteiger partial charge in [-0.1, -0.05) is 0 Å². The second-order valence-corrected chi connectivity index (χ2v) is 1.88. The predicted octanol–water partition coefficient (Wildman–Crippen LogP) is 0.415. The van der Waals surface area contributed by atoms with Crippen LogP contribution in [0.4, 0.5) is 0 Å². The van der Waals surface area contributed by atoms with Gasteiger partial charge in [0.15, 0.2) is 0 Å². The van der Waals surface area contributed by atoms with Gasteiger partial charge in [0, 0.05) is 6.42 Å². The van der Waals surface area contributed by atoms with Gasteiger partial charge < -0.3 is 4.74 Å². The van der Waals surface area contributed by atoms with E-state index in [1.54, 1.807) is 6.26 Å². The second-order valence-electron chi connectivity index (χ2n) is 1.23. The molecule has 0 saturated heterocycles. The van der Waals surface area contributed by atoms with Crippen molar-refractivity contribution in [2.45, 2.75) is 12.1 Å². The van der Waals surface area contributed by atoms with Crippen molar-refractivity contribution in [2.24, 2.45) is 0 Å². The van der Waals surface area contributed by atoms with Gasteiger partial charge in [0.2, 0.25) is 0 Å². The van der Waals surface area contributed by atoms with Crippen LogP contribution in [-0.4, -0.2) is 16.0 Å². The van der Waals surface area contributed by atoms with E-state index in [1.807, 2.05) is 6.08 Å². The van der Waals surface area contributed by atoms with Gasteiger partial charge in [-0.15, -0.1) is 0 Å². The lowest BCUT2D eigenvalue weighted by Gasteiger charge is -1.96. The molecule has 0 aromatic carbocycles. The lowest BCUT2D eigenvalue weighted by molar-refractivity contribution is 0.243. The van der Waals surface area contributed by atoms with Crippen LogP contribution in [0.1, 0.15) is 6.42 Å². The molecule has 0 amide bonds. The van der Waals surface area contributed by atoms with Gasteiger partial charge in [0.25, 0.3) is 0 Å². The van der Waals surface area contributed by atoms with Crippen LogP contribution >= 0.6 is 0 Å². The maximum absolute atomic E-state index is 4.89. The molecule has 0 N–H and O–H groups in total. The minimum Gasteiger partial charge on any atom is -0.503 e. The van der Waals surface area contributed by atoms with Crippen molar-refractivity contribution in [2.75, 3.05) is 0 Å². The molecule has 31 valence electrons. The molecule has 1 unspecified atom stereocenters. The average Bonchev–Trinajstić information content (AvgIpc) is 1.86. The molecule has 2 heteroatoms. The Hall–Kier alpha value is -0.243. The van der Waals surface area contributed by atoms with E-state index in [4.69, 9.17) is 4.74 Å². The molecule has 0 saturated carbocycles. The number of hydrogen-bond acceptors (Lipinski definition) is 1. The van der Waals surface area contributed by atoms with Crippen molar-refractivity contribution < 1.29 is 4.74 Å². The van der Waals surface area contributed by atoms with Crippen LogP contribution < -0.4 is 0 Å². The van der Waals surface area contributed by atoms with E-state index in [9.17, 15) is 0 Å². The molecular formula is C4H5OSi. The van der Waals surface area contributed by atoms with Gasteiger partial charge >= 0.3 is 0 Å². The largest absolute Gasteiger partial charge is 0.503 e. The van der Waals surface area contributed by atoms with Crippen LogP contribution in [-0.2, 0) is 4.74 Å². The van der Waals surface area contributed by atoms with E-state index in [-0.39, 0.29) is 5.73 Å². The lowest BCUT2D eigenvalue weighted by Crippen LogP contribution is -2.01. The van der Waals surface area contributed by atoms with E-state index in [0.717, 1.165) is 6.42 Å². The van der Waals surface area contributed by atoms with Crippen LogP contribution in [0.15, 0.2) is 12.3 Å². The summed E-state index contributed by atoms with van der Waals surface area (Å²) < 4.78 is 4.89. The molecule has 1 aliphatic heterocycles. The van der Waals surface area contributed by atoms with Gasteiger partial charge in [0.05, 0.1) is 22.2 Å². The maximum Gasteiger partial charge on any atom is 0.0842 e. The Balaban J connectivity index is 2.32. The fraction of sp³-hybridized carbons (Fsp3) is 0.500. The van der Waals surface area contributed by atoms with Crippen LogP contribution in [0.25, 0.3) is 0 Å². The zero-order valence-electron chi connectivity index (χ0n) is 3.35. The van der Waals surface area contributed by atoms with E-state index in [0.29, 0.717) is 0 Å². The summed E-state index contributed by atoms with van der Waals surface area (Å²) in [4.78, 5) is 0. The first-order chi connectivity index (χ1) is 2.89. The summed E-state index contributed by atoms with van der Waals surface area (Å²) in [5.41, 5.74) is 0.241. The fourth-order valence-corrected chi connectivity index (χ4v) is 0.600. The minimum atomic E-state index is 0.241. The van der Waals surface area contributed by atoms with Gasteiger partial charge in [-0.2, -0.15) is 0 Å². The first kappa shape index (κ1) is 3.93. The summed E-state index contributed by atoms with van der Waals surface area (Å²) in [6.45, 7) is 0. The lowest BCUT2D eigenvalue weighted by atomic mass is 10.5. The highest BCUT2D eigenvalue weighted by atomic mass is 28.1. The van der Waals surface area contributed by atoms with Crippen molar-refractivity contribution in [3.8, 4) is 0 Å². The highest BCUT2D eigenvalue weighted by Gasteiger charge is 2.00. The molecule has 0 aliphatic carbocycles. The van der Waals surface area contributed by atoms with Gasteiger partial charge in [-0.05, 0) is 6.08 Å². The predicted molar refractivity (Wildman–Crippen MR) is 24.4 cm³/mol. The van der Waals surface area contributed by atoms with Crippen molar-refractivity contribution in [1.29, 1.82) is 0 Å². The first-order valence-electron chi connectivity index (χ1n) is 1.91. The molecule has 3 radical (unpaired) electrons. The van der Waals surface area contributed by atoms with E-state index in [2.05, 4.69) is 10.2 Å². The zero-order chi connectivity index (χ0) is 4.41. The summed E-state index contributed by atoms with van der Waals surface area (Å²) in [6, 6.07) is 0. The number of rotatable bonds is 0. The molecule has 1 aliphatic rings. The molecule has 0 spiro atoms. The highest BCUT2D eigenvalue weighted by Crippen LogP contribution is 2.02. The Labute approximate surface area is 40.4 Å². The molecule has 0 fully saturated rings. The molecule has 1 nitrogen and oxygen atoms in total.